The van der Waals surface area contributed by atoms with Crippen LogP contribution in [0.2, 0.25) is 0 Å². The lowest BCUT2D eigenvalue weighted by atomic mass is 10.0. The molecule has 0 radical (unpaired) electrons. The van der Waals surface area contributed by atoms with Gasteiger partial charge < -0.3 is 34.3 Å². The predicted octanol–water partition coefficient (Wildman–Crippen LogP) is 10.1. The first-order valence-corrected chi connectivity index (χ1v) is 21.0. The fraction of sp³-hybridized carbons (Fsp3) is 1.00. The van der Waals surface area contributed by atoms with Crippen molar-refractivity contribution in [2.45, 2.75) is 212 Å². The lowest BCUT2D eigenvalue weighted by Crippen LogP contribution is -2.31. The molecule has 0 fully saturated rings. The number of ether oxygens (including phenoxy) is 4. The molecule has 2 unspecified atom stereocenters. The maximum absolute atomic E-state index is 10.3. The molecule has 290 valence electrons. The van der Waals surface area contributed by atoms with Crippen molar-refractivity contribution in [2.24, 2.45) is 0 Å². The van der Waals surface area contributed by atoms with Crippen molar-refractivity contribution in [2.75, 3.05) is 52.9 Å². The zero-order valence-electron chi connectivity index (χ0n) is 32.2. The van der Waals surface area contributed by atoms with Crippen LogP contribution in [0.4, 0.5) is 0 Å². The molecule has 7 nitrogen and oxygen atoms in total. The third-order valence-corrected chi connectivity index (χ3v) is 9.24. The Kier molecular flexibility index (Phi) is 40.9. The molecule has 7 heteroatoms. The first-order valence-electron chi connectivity index (χ1n) is 21.0. The van der Waals surface area contributed by atoms with Gasteiger partial charge >= 0.3 is 0 Å². The third kappa shape index (κ3) is 38.5. The van der Waals surface area contributed by atoms with Crippen molar-refractivity contribution in [1.82, 2.24) is 0 Å². The molecule has 0 saturated carbocycles. The van der Waals surface area contributed by atoms with Crippen LogP contribution in [0, 0.1) is 0 Å². The Balaban J connectivity index is 3.77. The summed E-state index contributed by atoms with van der Waals surface area (Å²) in [7, 11) is 0. The second-order valence-corrected chi connectivity index (χ2v) is 14.3. The molecule has 0 spiro atoms. The molecule has 0 bridgehead atoms. The second-order valence-electron chi connectivity index (χ2n) is 14.3. The Morgan fingerprint density at radius 3 is 1.04 bits per heavy atom. The Morgan fingerprint density at radius 2 is 0.667 bits per heavy atom. The predicted molar refractivity (Wildman–Crippen MR) is 202 cm³/mol. The van der Waals surface area contributed by atoms with Crippen LogP contribution in [0.5, 0.6) is 0 Å². The summed E-state index contributed by atoms with van der Waals surface area (Å²) in [6.45, 7) is 6.67. The molecule has 0 aliphatic rings. The van der Waals surface area contributed by atoms with E-state index in [1.165, 1.54) is 161 Å². The van der Waals surface area contributed by atoms with Gasteiger partial charge in [-0.05, 0) is 12.8 Å². The fourth-order valence-corrected chi connectivity index (χ4v) is 6.08. The van der Waals surface area contributed by atoms with Gasteiger partial charge in [-0.2, -0.15) is 0 Å². The van der Waals surface area contributed by atoms with Crippen LogP contribution in [0.25, 0.3) is 0 Å². The van der Waals surface area contributed by atoms with Crippen LogP contribution in [-0.4, -0.2) is 86.5 Å². The van der Waals surface area contributed by atoms with E-state index in [2.05, 4.69) is 13.8 Å². The minimum absolute atomic E-state index is 0.0605. The number of hydrogen-bond donors (Lipinski definition) is 3. The fourth-order valence-electron chi connectivity index (χ4n) is 6.08. The summed E-state index contributed by atoms with van der Waals surface area (Å²) < 4.78 is 23.0. The minimum Gasteiger partial charge on any atom is -0.394 e. The van der Waals surface area contributed by atoms with Crippen LogP contribution in [-0.2, 0) is 18.9 Å². The quantitative estimate of drug-likeness (QED) is 0.0549. The summed E-state index contributed by atoms with van der Waals surface area (Å²) in [5.41, 5.74) is 0. The Hall–Kier alpha value is -0.280. The number of hydrogen-bond acceptors (Lipinski definition) is 7. The van der Waals surface area contributed by atoms with Gasteiger partial charge in [-0.15, -0.1) is 0 Å². The molecule has 0 aromatic carbocycles. The van der Waals surface area contributed by atoms with Gasteiger partial charge in [-0.3, -0.25) is 0 Å². The summed E-state index contributed by atoms with van der Waals surface area (Å²) in [5.74, 6) is 0. The number of aliphatic hydroxyl groups excluding tert-OH is 3. The van der Waals surface area contributed by atoms with Crippen molar-refractivity contribution in [3.8, 4) is 0 Å². The van der Waals surface area contributed by atoms with Crippen LogP contribution in [0.1, 0.15) is 194 Å². The molecule has 0 rings (SSSR count). The van der Waals surface area contributed by atoms with Crippen LogP contribution < -0.4 is 0 Å². The van der Waals surface area contributed by atoms with Crippen molar-refractivity contribution in [3.63, 3.8) is 0 Å². The molecular formula is C41H84O7. The summed E-state index contributed by atoms with van der Waals surface area (Å²) in [6.07, 6.45) is 35.4. The van der Waals surface area contributed by atoms with E-state index >= 15 is 0 Å². The number of unbranched alkanes of at least 4 members (excludes halogenated alkanes) is 26. The van der Waals surface area contributed by atoms with E-state index in [9.17, 15) is 10.2 Å². The van der Waals surface area contributed by atoms with E-state index in [-0.39, 0.29) is 39.1 Å². The van der Waals surface area contributed by atoms with Crippen molar-refractivity contribution >= 4 is 0 Å². The van der Waals surface area contributed by atoms with E-state index in [4.69, 9.17) is 24.1 Å². The van der Waals surface area contributed by atoms with Gasteiger partial charge in [-0.1, -0.05) is 181 Å². The molecule has 0 heterocycles. The molecular weight excluding hydrogens is 604 g/mol. The smallest absolute Gasteiger partial charge is 0.104 e. The maximum atomic E-state index is 10.3. The third-order valence-electron chi connectivity index (χ3n) is 9.24. The second kappa shape index (κ2) is 41.1. The maximum Gasteiger partial charge on any atom is 0.104 e. The van der Waals surface area contributed by atoms with Crippen LogP contribution in [0.3, 0.4) is 0 Å². The van der Waals surface area contributed by atoms with Crippen LogP contribution >= 0.6 is 0 Å². The molecule has 0 saturated heterocycles. The largest absolute Gasteiger partial charge is 0.394 e. The van der Waals surface area contributed by atoms with E-state index in [1.54, 1.807) is 0 Å². The monoisotopic (exact) mass is 689 g/mol. The van der Waals surface area contributed by atoms with E-state index in [0.29, 0.717) is 19.8 Å². The van der Waals surface area contributed by atoms with Gasteiger partial charge in [0.2, 0.25) is 0 Å². The zero-order valence-corrected chi connectivity index (χ0v) is 32.2. The lowest BCUT2D eigenvalue weighted by molar-refractivity contribution is -0.0906. The van der Waals surface area contributed by atoms with Gasteiger partial charge in [0.15, 0.2) is 0 Å². The topological polar surface area (TPSA) is 97.6 Å². The van der Waals surface area contributed by atoms with Gasteiger partial charge in [0, 0.05) is 13.2 Å². The normalized spacial score (nSPS) is 13.7. The molecule has 0 aliphatic heterocycles. The van der Waals surface area contributed by atoms with E-state index < -0.39 is 12.2 Å². The Labute approximate surface area is 298 Å². The number of aliphatic hydroxyl groups is 3. The highest BCUT2D eigenvalue weighted by atomic mass is 16.6. The van der Waals surface area contributed by atoms with Crippen LogP contribution in [0.15, 0.2) is 0 Å². The van der Waals surface area contributed by atoms with Gasteiger partial charge in [-0.25, -0.2) is 0 Å². The standard InChI is InChI=1S/C41H84O7/c1-3-5-7-9-11-13-15-17-19-21-23-25-27-29-31-45-35-40(44)36-47-38-41(37-46-34-39(43)33-42)48-32-30-28-26-24-22-20-18-16-14-12-10-8-6-4-2/h39-44H,3-38H2,1-2H3/t39?,40-,41?/m1/s1. The molecule has 0 aromatic rings. The SMILES string of the molecule is CCCCCCCCCCCCCCCCOC[C@@H](O)COCC(COCC(O)CO)OCCCCCCCCCCCCCCCC. The molecule has 0 aliphatic carbocycles. The zero-order chi connectivity index (χ0) is 35.0. The van der Waals surface area contributed by atoms with Gasteiger partial charge in [0.05, 0.1) is 39.6 Å². The number of rotatable bonds is 42. The minimum atomic E-state index is -0.893. The Morgan fingerprint density at radius 1 is 0.354 bits per heavy atom. The van der Waals surface area contributed by atoms with E-state index in [1.807, 2.05) is 0 Å². The highest BCUT2D eigenvalue weighted by Crippen LogP contribution is 2.14. The van der Waals surface area contributed by atoms with Crippen molar-refractivity contribution in [3.05, 3.63) is 0 Å². The molecule has 3 atom stereocenters. The molecule has 0 aromatic heterocycles. The van der Waals surface area contributed by atoms with Gasteiger partial charge in [0.25, 0.3) is 0 Å². The first-order chi connectivity index (χ1) is 23.6. The van der Waals surface area contributed by atoms with E-state index in [0.717, 1.165) is 19.3 Å². The highest BCUT2D eigenvalue weighted by Gasteiger charge is 2.13. The lowest BCUT2D eigenvalue weighted by Gasteiger charge is -2.20. The molecule has 48 heavy (non-hydrogen) atoms. The summed E-state index contributed by atoms with van der Waals surface area (Å²) in [4.78, 5) is 0. The summed E-state index contributed by atoms with van der Waals surface area (Å²) in [6, 6.07) is 0. The summed E-state index contributed by atoms with van der Waals surface area (Å²) >= 11 is 0. The van der Waals surface area contributed by atoms with Gasteiger partial charge in [0.1, 0.15) is 18.3 Å². The average Bonchev–Trinajstić information content (AvgIpc) is 3.09. The van der Waals surface area contributed by atoms with Crippen molar-refractivity contribution < 1.29 is 34.3 Å². The summed E-state index contributed by atoms with van der Waals surface area (Å²) in [5, 5.41) is 28.9. The Bertz CT molecular complexity index is 579. The van der Waals surface area contributed by atoms with Crippen molar-refractivity contribution in [1.29, 1.82) is 0 Å². The first kappa shape index (κ1) is 47.7. The highest BCUT2D eigenvalue weighted by molar-refractivity contribution is 4.60. The molecule has 3 N–H and O–H groups in total. The average molecular weight is 689 g/mol. The molecule has 0 amide bonds.